The van der Waals surface area contributed by atoms with Crippen LogP contribution >= 0.6 is 23.3 Å². The number of H-pyrrole nitrogens is 1. The molecule has 0 atom stereocenters. The Morgan fingerprint density at radius 2 is 2.04 bits per heavy atom. The summed E-state index contributed by atoms with van der Waals surface area (Å²) in [5.41, 5.74) is 2.12. The van der Waals surface area contributed by atoms with Crippen LogP contribution in [0.15, 0.2) is 15.4 Å². The van der Waals surface area contributed by atoms with Crippen molar-refractivity contribution in [3.63, 3.8) is 0 Å². The molecule has 3 aromatic heterocycles. The Hall–Kier alpha value is -1.81. The standard InChI is InChI=1S/C13H18N8S2/c1-6-22-12-14-11(23-20-12)18-15-8-7(2)19-21-9(8)16-17-10(21)13(3,4)5/h19H,6H2,1-5H3. The van der Waals surface area contributed by atoms with E-state index in [2.05, 4.69) is 62.6 Å². The number of aryl methyl sites for hydroxylation is 1. The lowest BCUT2D eigenvalue weighted by Gasteiger charge is -2.14. The second-order valence-corrected chi connectivity index (χ2v) is 7.97. The summed E-state index contributed by atoms with van der Waals surface area (Å²) in [5.74, 6) is 1.79. The van der Waals surface area contributed by atoms with E-state index in [9.17, 15) is 0 Å². The van der Waals surface area contributed by atoms with Gasteiger partial charge in [-0.05, 0) is 12.7 Å². The van der Waals surface area contributed by atoms with Crippen molar-refractivity contribution >= 4 is 39.8 Å². The number of azo groups is 1. The minimum absolute atomic E-state index is 0.114. The Bertz CT molecular complexity index is 851. The molecule has 0 saturated carbocycles. The van der Waals surface area contributed by atoms with E-state index >= 15 is 0 Å². The maximum absolute atomic E-state index is 4.31. The fourth-order valence-electron chi connectivity index (χ4n) is 2.06. The fourth-order valence-corrected chi connectivity index (χ4v) is 3.26. The first-order chi connectivity index (χ1) is 10.9. The second-order valence-electron chi connectivity index (χ2n) is 6.01. The van der Waals surface area contributed by atoms with Gasteiger partial charge in [0, 0.05) is 16.9 Å². The van der Waals surface area contributed by atoms with E-state index in [4.69, 9.17) is 0 Å². The van der Waals surface area contributed by atoms with Crippen LogP contribution in [-0.4, -0.2) is 34.9 Å². The molecule has 3 heterocycles. The molecule has 122 valence electrons. The van der Waals surface area contributed by atoms with E-state index in [0.29, 0.717) is 16.5 Å². The highest BCUT2D eigenvalue weighted by Crippen LogP contribution is 2.30. The Labute approximate surface area is 142 Å². The summed E-state index contributed by atoms with van der Waals surface area (Å²) in [6.45, 7) is 10.3. The van der Waals surface area contributed by atoms with E-state index in [-0.39, 0.29) is 5.41 Å². The third-order valence-corrected chi connectivity index (χ3v) is 4.53. The molecule has 0 spiro atoms. The molecule has 0 aliphatic carbocycles. The molecule has 23 heavy (non-hydrogen) atoms. The molecule has 0 aliphatic heterocycles. The predicted octanol–water partition coefficient (Wildman–Crippen LogP) is 4.04. The molecular formula is C13H18N8S2. The third kappa shape index (κ3) is 3.13. The highest BCUT2D eigenvalue weighted by molar-refractivity contribution is 7.99. The SMILES string of the molecule is CCSc1nsc(N=Nc2c(C)[nH]n3c(C(C)(C)C)nnc23)n1. The summed E-state index contributed by atoms with van der Waals surface area (Å²) in [7, 11) is 0. The van der Waals surface area contributed by atoms with Crippen LogP contribution in [0.5, 0.6) is 0 Å². The van der Waals surface area contributed by atoms with Gasteiger partial charge in [0.2, 0.25) is 15.9 Å². The lowest BCUT2D eigenvalue weighted by atomic mass is 9.96. The first-order valence-corrected chi connectivity index (χ1v) is 8.98. The predicted molar refractivity (Wildman–Crippen MR) is 91.3 cm³/mol. The van der Waals surface area contributed by atoms with Crippen molar-refractivity contribution in [2.75, 3.05) is 5.75 Å². The summed E-state index contributed by atoms with van der Waals surface area (Å²) in [4.78, 5) is 4.31. The summed E-state index contributed by atoms with van der Waals surface area (Å²) >= 11 is 2.82. The Morgan fingerprint density at radius 3 is 2.74 bits per heavy atom. The van der Waals surface area contributed by atoms with Crippen LogP contribution in [0, 0.1) is 6.92 Å². The molecule has 3 aromatic rings. The van der Waals surface area contributed by atoms with Crippen LogP contribution < -0.4 is 0 Å². The van der Waals surface area contributed by atoms with Gasteiger partial charge in [-0.2, -0.15) is 9.36 Å². The molecule has 0 bridgehead atoms. The molecule has 3 rings (SSSR count). The summed E-state index contributed by atoms with van der Waals surface area (Å²) < 4.78 is 6.09. The number of aromatic amines is 1. The minimum atomic E-state index is -0.114. The van der Waals surface area contributed by atoms with Crippen LogP contribution in [0.25, 0.3) is 5.65 Å². The average molecular weight is 350 g/mol. The van der Waals surface area contributed by atoms with Crippen molar-refractivity contribution in [3.05, 3.63) is 11.5 Å². The van der Waals surface area contributed by atoms with Crippen LogP contribution in [0.4, 0.5) is 10.8 Å². The molecule has 0 fully saturated rings. The number of nitrogens with one attached hydrogen (secondary N) is 1. The van der Waals surface area contributed by atoms with E-state index in [1.165, 1.54) is 11.5 Å². The topological polar surface area (TPSA) is 96.5 Å². The number of fused-ring (bicyclic) bond motifs is 1. The molecule has 8 nitrogen and oxygen atoms in total. The Balaban J connectivity index is 1.95. The largest absolute Gasteiger partial charge is 0.293 e. The molecule has 0 saturated heterocycles. The molecule has 0 aromatic carbocycles. The van der Waals surface area contributed by atoms with Crippen LogP contribution in [0.1, 0.15) is 39.2 Å². The molecular weight excluding hydrogens is 332 g/mol. The van der Waals surface area contributed by atoms with E-state index in [0.717, 1.165) is 22.4 Å². The van der Waals surface area contributed by atoms with Gasteiger partial charge in [0.05, 0.1) is 5.69 Å². The van der Waals surface area contributed by atoms with Gasteiger partial charge in [-0.3, -0.25) is 5.10 Å². The van der Waals surface area contributed by atoms with Gasteiger partial charge in [0.25, 0.3) is 0 Å². The van der Waals surface area contributed by atoms with Gasteiger partial charge in [-0.15, -0.1) is 20.4 Å². The van der Waals surface area contributed by atoms with Gasteiger partial charge < -0.3 is 0 Å². The zero-order valence-corrected chi connectivity index (χ0v) is 15.3. The summed E-state index contributed by atoms with van der Waals surface area (Å²) in [6.07, 6.45) is 0. The monoisotopic (exact) mass is 350 g/mol. The highest BCUT2D eigenvalue weighted by Gasteiger charge is 2.24. The number of aromatic nitrogens is 6. The van der Waals surface area contributed by atoms with Crippen molar-refractivity contribution < 1.29 is 0 Å². The quantitative estimate of drug-likeness (QED) is 0.566. The number of thioether (sulfide) groups is 1. The smallest absolute Gasteiger partial charge is 0.250 e. The van der Waals surface area contributed by atoms with Crippen molar-refractivity contribution in [1.29, 1.82) is 0 Å². The van der Waals surface area contributed by atoms with Gasteiger partial charge >= 0.3 is 0 Å². The lowest BCUT2D eigenvalue weighted by molar-refractivity contribution is 0.527. The summed E-state index contributed by atoms with van der Waals surface area (Å²) in [5, 5.41) is 21.5. The zero-order valence-electron chi connectivity index (χ0n) is 13.7. The molecule has 0 radical (unpaired) electrons. The first kappa shape index (κ1) is 16.1. The average Bonchev–Trinajstić information content (AvgIpc) is 3.12. The van der Waals surface area contributed by atoms with Crippen molar-refractivity contribution in [3.8, 4) is 0 Å². The second kappa shape index (κ2) is 6.00. The maximum Gasteiger partial charge on any atom is 0.250 e. The molecule has 0 aliphatic rings. The molecule has 1 N–H and O–H groups in total. The Kier molecular flexibility index (Phi) is 4.19. The van der Waals surface area contributed by atoms with Gasteiger partial charge in [0.15, 0.2) is 11.5 Å². The summed E-state index contributed by atoms with van der Waals surface area (Å²) in [6, 6.07) is 0. The number of rotatable bonds is 4. The van der Waals surface area contributed by atoms with E-state index in [1.807, 2.05) is 11.4 Å². The zero-order chi connectivity index (χ0) is 16.6. The fraction of sp³-hybridized carbons (Fsp3) is 0.538. The number of nitrogens with zero attached hydrogens (tertiary/aromatic N) is 7. The number of hydrogen-bond donors (Lipinski definition) is 1. The first-order valence-electron chi connectivity index (χ1n) is 7.22. The van der Waals surface area contributed by atoms with Crippen molar-refractivity contribution in [1.82, 2.24) is 29.2 Å². The van der Waals surface area contributed by atoms with Gasteiger partial charge in [-0.25, -0.2) is 4.52 Å². The highest BCUT2D eigenvalue weighted by atomic mass is 32.2. The molecule has 0 unspecified atom stereocenters. The van der Waals surface area contributed by atoms with Gasteiger partial charge in [0.1, 0.15) is 0 Å². The van der Waals surface area contributed by atoms with Crippen molar-refractivity contribution in [2.45, 2.75) is 45.2 Å². The lowest BCUT2D eigenvalue weighted by Crippen LogP contribution is -2.16. The van der Waals surface area contributed by atoms with Crippen LogP contribution in [-0.2, 0) is 5.41 Å². The van der Waals surface area contributed by atoms with E-state index < -0.39 is 0 Å². The Morgan fingerprint density at radius 1 is 1.26 bits per heavy atom. The van der Waals surface area contributed by atoms with E-state index in [1.54, 1.807) is 11.8 Å². The van der Waals surface area contributed by atoms with Gasteiger partial charge in [-0.1, -0.05) is 39.5 Å². The normalized spacial score (nSPS) is 12.7. The molecule has 10 heteroatoms. The minimum Gasteiger partial charge on any atom is -0.293 e. The van der Waals surface area contributed by atoms with Crippen molar-refractivity contribution in [2.24, 2.45) is 10.2 Å². The third-order valence-electron chi connectivity index (χ3n) is 3.09. The van der Waals surface area contributed by atoms with Crippen LogP contribution in [0.2, 0.25) is 0 Å². The number of hydrogen-bond acceptors (Lipinski definition) is 8. The maximum atomic E-state index is 4.31. The molecule has 0 amide bonds. The van der Waals surface area contributed by atoms with Crippen LogP contribution in [0.3, 0.4) is 0 Å².